The summed E-state index contributed by atoms with van der Waals surface area (Å²) in [5.41, 5.74) is 8.25. The van der Waals surface area contributed by atoms with Crippen LogP contribution in [0.15, 0.2) is 12.1 Å². The normalized spacial score (nSPS) is 12.2. The summed E-state index contributed by atoms with van der Waals surface area (Å²) in [5, 5.41) is 0. The molecule has 0 fully saturated rings. The molecule has 114 valence electrons. The second-order valence-electron chi connectivity index (χ2n) is 5.47. The maximum Gasteiger partial charge on any atom is 0.122 e. The number of rotatable bonds is 9. The van der Waals surface area contributed by atoms with Crippen LogP contribution in [0.1, 0.15) is 50.7 Å². The molecule has 20 heavy (non-hydrogen) atoms. The smallest absolute Gasteiger partial charge is 0.122 e. The van der Waals surface area contributed by atoms with Crippen molar-refractivity contribution in [3.05, 3.63) is 23.3 Å². The molecule has 0 unspecified atom stereocenters. The molecule has 0 aromatic heterocycles. The lowest BCUT2D eigenvalue weighted by atomic mass is 9.99. The van der Waals surface area contributed by atoms with Crippen LogP contribution in [0.5, 0.6) is 11.5 Å². The summed E-state index contributed by atoms with van der Waals surface area (Å²) in [6, 6.07) is 4.31. The van der Waals surface area contributed by atoms with Gasteiger partial charge in [0.15, 0.2) is 0 Å². The van der Waals surface area contributed by atoms with Gasteiger partial charge in [-0.1, -0.05) is 26.2 Å². The van der Waals surface area contributed by atoms with E-state index >= 15 is 0 Å². The molecule has 1 aromatic rings. The summed E-state index contributed by atoms with van der Waals surface area (Å²) in [5.74, 6) is 1.88. The molecule has 0 aliphatic rings. The van der Waals surface area contributed by atoms with Crippen LogP contribution >= 0.6 is 0 Å². The quantitative estimate of drug-likeness (QED) is 0.701. The summed E-state index contributed by atoms with van der Waals surface area (Å²) < 4.78 is 11.0. The lowest BCUT2D eigenvalue weighted by molar-refractivity contribution is 0.393. The standard InChI is InChI=1S/C17H29NO2/c1-5-6-7-8-9-14-11-17(20-4)15(10-13(2)18)12-16(14)19-3/h11-13H,5-10,18H2,1-4H3/t13-/m1/s1. The molecular weight excluding hydrogens is 250 g/mol. The first-order chi connectivity index (χ1) is 9.62. The predicted octanol–water partition coefficient (Wildman–Crippen LogP) is 3.72. The first kappa shape index (κ1) is 16.8. The van der Waals surface area contributed by atoms with E-state index in [1.165, 1.54) is 31.2 Å². The van der Waals surface area contributed by atoms with Crippen molar-refractivity contribution in [2.75, 3.05) is 14.2 Å². The average molecular weight is 279 g/mol. The van der Waals surface area contributed by atoms with E-state index in [-0.39, 0.29) is 6.04 Å². The van der Waals surface area contributed by atoms with Crippen molar-refractivity contribution in [2.45, 2.75) is 58.4 Å². The summed E-state index contributed by atoms with van der Waals surface area (Å²) in [6.45, 7) is 4.23. The van der Waals surface area contributed by atoms with E-state index in [2.05, 4.69) is 19.1 Å². The first-order valence-electron chi connectivity index (χ1n) is 7.61. The Balaban J connectivity index is 2.88. The number of methoxy groups -OCH3 is 2. The van der Waals surface area contributed by atoms with Crippen LogP contribution in [0, 0.1) is 0 Å². The second-order valence-corrected chi connectivity index (χ2v) is 5.47. The molecular formula is C17H29NO2. The maximum atomic E-state index is 5.89. The molecule has 0 saturated heterocycles. The predicted molar refractivity (Wildman–Crippen MR) is 84.7 cm³/mol. The van der Waals surface area contributed by atoms with Gasteiger partial charge in [0.1, 0.15) is 11.5 Å². The van der Waals surface area contributed by atoms with Crippen molar-refractivity contribution in [1.82, 2.24) is 0 Å². The Bertz CT molecular complexity index is 402. The molecule has 3 heteroatoms. The molecule has 0 aliphatic heterocycles. The van der Waals surface area contributed by atoms with Gasteiger partial charge in [-0.2, -0.15) is 0 Å². The summed E-state index contributed by atoms with van der Waals surface area (Å²) in [6.07, 6.45) is 6.85. The van der Waals surface area contributed by atoms with Gasteiger partial charge >= 0.3 is 0 Å². The Morgan fingerprint density at radius 3 is 2.15 bits per heavy atom. The van der Waals surface area contributed by atoms with Crippen LogP contribution in [0.4, 0.5) is 0 Å². The monoisotopic (exact) mass is 279 g/mol. The van der Waals surface area contributed by atoms with Gasteiger partial charge in [0.25, 0.3) is 0 Å². The maximum absolute atomic E-state index is 5.89. The third kappa shape index (κ3) is 5.04. The van der Waals surface area contributed by atoms with Gasteiger partial charge in [-0.3, -0.25) is 0 Å². The van der Waals surface area contributed by atoms with Crippen LogP contribution in [0.2, 0.25) is 0 Å². The van der Waals surface area contributed by atoms with E-state index < -0.39 is 0 Å². The number of aryl methyl sites for hydroxylation is 1. The van der Waals surface area contributed by atoms with Crippen LogP contribution in [0.3, 0.4) is 0 Å². The van der Waals surface area contributed by atoms with Gasteiger partial charge in [-0.05, 0) is 49.4 Å². The van der Waals surface area contributed by atoms with Gasteiger partial charge in [0.2, 0.25) is 0 Å². The van der Waals surface area contributed by atoms with Crippen LogP contribution < -0.4 is 15.2 Å². The number of unbranched alkanes of at least 4 members (excludes halogenated alkanes) is 3. The third-order valence-corrected chi connectivity index (χ3v) is 3.53. The van der Waals surface area contributed by atoms with Crippen molar-refractivity contribution in [1.29, 1.82) is 0 Å². The highest BCUT2D eigenvalue weighted by Crippen LogP contribution is 2.30. The average Bonchev–Trinajstić information content (AvgIpc) is 2.43. The minimum atomic E-state index is 0.115. The summed E-state index contributed by atoms with van der Waals surface area (Å²) in [4.78, 5) is 0. The molecule has 1 rings (SSSR count). The molecule has 0 spiro atoms. The van der Waals surface area contributed by atoms with Crippen molar-refractivity contribution in [2.24, 2.45) is 5.73 Å². The number of hydrogen-bond donors (Lipinski definition) is 1. The number of benzene rings is 1. The van der Waals surface area contributed by atoms with Gasteiger partial charge in [0, 0.05) is 6.04 Å². The molecule has 0 radical (unpaired) electrons. The summed E-state index contributed by atoms with van der Waals surface area (Å²) in [7, 11) is 3.44. The van der Waals surface area contributed by atoms with Crippen LogP contribution in [-0.4, -0.2) is 20.3 Å². The topological polar surface area (TPSA) is 44.5 Å². The van der Waals surface area contributed by atoms with Crippen molar-refractivity contribution >= 4 is 0 Å². The molecule has 0 bridgehead atoms. The van der Waals surface area contributed by atoms with E-state index in [0.717, 1.165) is 29.9 Å². The highest BCUT2D eigenvalue weighted by Gasteiger charge is 2.12. The highest BCUT2D eigenvalue weighted by atomic mass is 16.5. The Kier molecular flexibility index (Phi) is 7.45. The number of hydrogen-bond acceptors (Lipinski definition) is 3. The SMILES string of the molecule is CCCCCCc1cc(OC)c(C[C@@H](C)N)cc1OC. The van der Waals surface area contributed by atoms with Crippen molar-refractivity contribution in [3.63, 3.8) is 0 Å². The van der Waals surface area contributed by atoms with Crippen molar-refractivity contribution < 1.29 is 9.47 Å². The molecule has 1 aromatic carbocycles. The minimum absolute atomic E-state index is 0.115. The highest BCUT2D eigenvalue weighted by molar-refractivity contribution is 5.47. The zero-order valence-corrected chi connectivity index (χ0v) is 13.4. The zero-order chi connectivity index (χ0) is 15.0. The van der Waals surface area contributed by atoms with E-state index in [1.54, 1.807) is 14.2 Å². The Morgan fingerprint density at radius 2 is 1.60 bits per heavy atom. The van der Waals surface area contributed by atoms with E-state index in [1.807, 2.05) is 6.92 Å². The molecule has 0 amide bonds. The van der Waals surface area contributed by atoms with E-state index in [0.29, 0.717) is 0 Å². The molecule has 1 atom stereocenters. The Hall–Kier alpha value is -1.22. The summed E-state index contributed by atoms with van der Waals surface area (Å²) >= 11 is 0. The molecule has 0 aliphatic carbocycles. The lowest BCUT2D eigenvalue weighted by Crippen LogP contribution is -2.18. The van der Waals surface area contributed by atoms with Crippen LogP contribution in [-0.2, 0) is 12.8 Å². The third-order valence-electron chi connectivity index (χ3n) is 3.53. The van der Waals surface area contributed by atoms with E-state index in [9.17, 15) is 0 Å². The first-order valence-corrected chi connectivity index (χ1v) is 7.61. The zero-order valence-electron chi connectivity index (χ0n) is 13.4. The fourth-order valence-electron chi connectivity index (χ4n) is 2.47. The van der Waals surface area contributed by atoms with Gasteiger partial charge in [-0.15, -0.1) is 0 Å². The lowest BCUT2D eigenvalue weighted by Gasteiger charge is -2.16. The number of nitrogens with two attached hydrogens (primary N) is 1. The van der Waals surface area contributed by atoms with E-state index in [4.69, 9.17) is 15.2 Å². The molecule has 2 N–H and O–H groups in total. The molecule has 0 saturated carbocycles. The largest absolute Gasteiger partial charge is 0.496 e. The fourth-order valence-corrected chi connectivity index (χ4v) is 2.47. The van der Waals surface area contributed by atoms with Crippen LogP contribution in [0.25, 0.3) is 0 Å². The van der Waals surface area contributed by atoms with Crippen molar-refractivity contribution in [3.8, 4) is 11.5 Å². The Labute approximate surface area is 123 Å². The second kappa shape index (κ2) is 8.85. The van der Waals surface area contributed by atoms with Gasteiger partial charge < -0.3 is 15.2 Å². The Morgan fingerprint density at radius 1 is 1.00 bits per heavy atom. The minimum Gasteiger partial charge on any atom is -0.496 e. The molecule has 3 nitrogen and oxygen atoms in total. The number of ether oxygens (including phenoxy) is 2. The fraction of sp³-hybridized carbons (Fsp3) is 0.647. The van der Waals surface area contributed by atoms with Gasteiger partial charge in [-0.25, -0.2) is 0 Å². The molecule has 0 heterocycles. The van der Waals surface area contributed by atoms with Gasteiger partial charge in [0.05, 0.1) is 14.2 Å².